The van der Waals surface area contributed by atoms with Gasteiger partial charge in [-0.2, -0.15) is 0 Å². The normalized spacial score (nSPS) is 11.9. The summed E-state index contributed by atoms with van der Waals surface area (Å²) in [4.78, 5) is 0. The van der Waals surface area contributed by atoms with E-state index in [1.807, 2.05) is 0 Å². The third-order valence-electron chi connectivity index (χ3n) is 6.51. The van der Waals surface area contributed by atoms with Crippen molar-refractivity contribution in [3.63, 3.8) is 0 Å². The Hall–Kier alpha value is -3.52. The molecule has 0 spiro atoms. The van der Waals surface area contributed by atoms with Gasteiger partial charge in [0.05, 0.1) is 0 Å². The molecule has 0 aliphatic carbocycles. The average Bonchev–Trinajstić information content (AvgIpc) is 3.30. The molecule has 0 saturated carbocycles. The Morgan fingerprint density at radius 3 is 1.30 bits per heavy atom. The molecule has 0 fully saturated rings. The maximum absolute atomic E-state index is 2.43. The molecular formula is C28H24N2. The molecule has 2 heteroatoms. The molecule has 0 aliphatic heterocycles. The van der Waals surface area contributed by atoms with Crippen LogP contribution >= 0.6 is 0 Å². The van der Waals surface area contributed by atoms with E-state index in [4.69, 9.17) is 0 Å². The lowest BCUT2D eigenvalue weighted by molar-refractivity contribution is 0.827. The lowest BCUT2D eigenvalue weighted by atomic mass is 10.0. The molecule has 0 aliphatic rings. The fourth-order valence-electron chi connectivity index (χ4n) is 5.14. The molecule has 2 aromatic heterocycles. The molecule has 4 aromatic carbocycles. The lowest BCUT2D eigenvalue weighted by Gasteiger charge is -2.08. The molecule has 0 N–H and O–H groups in total. The lowest BCUT2D eigenvalue weighted by Crippen LogP contribution is -1.94. The summed E-state index contributed by atoms with van der Waals surface area (Å²) in [6.07, 6.45) is 0. The van der Waals surface area contributed by atoms with E-state index < -0.39 is 0 Å². The minimum atomic E-state index is 0.969. The molecule has 2 heterocycles. The van der Waals surface area contributed by atoms with E-state index in [1.54, 1.807) is 0 Å². The molecular weight excluding hydrogens is 364 g/mol. The van der Waals surface area contributed by atoms with Crippen molar-refractivity contribution in [1.82, 2.24) is 9.13 Å². The highest BCUT2D eigenvalue weighted by Gasteiger charge is 2.13. The predicted molar refractivity (Wildman–Crippen MR) is 129 cm³/mol. The van der Waals surface area contributed by atoms with Crippen LogP contribution in [0.1, 0.15) is 13.8 Å². The molecule has 6 aromatic rings. The first-order valence-corrected chi connectivity index (χ1v) is 10.8. The number of aryl methyl sites for hydroxylation is 2. The summed E-state index contributed by atoms with van der Waals surface area (Å²) in [5.41, 5.74) is 7.80. The number of hydrogen-bond donors (Lipinski definition) is 0. The van der Waals surface area contributed by atoms with Gasteiger partial charge >= 0.3 is 0 Å². The zero-order valence-corrected chi connectivity index (χ0v) is 17.4. The number of para-hydroxylation sites is 2. The Morgan fingerprint density at radius 1 is 0.467 bits per heavy atom. The summed E-state index contributed by atoms with van der Waals surface area (Å²) in [6.45, 7) is 6.39. The second-order valence-corrected chi connectivity index (χ2v) is 7.99. The standard InChI is InChI=1S/C28H24N2/c1-3-29-25-11-7-5-9-21(25)23-15-13-19(17-27(23)29)20-14-16-24-22-10-6-8-12-26(22)30(4-2)28(24)18-20/h5-18H,3-4H2,1-2H3. The molecule has 146 valence electrons. The number of nitrogens with zero attached hydrogens (tertiary/aromatic N) is 2. The molecule has 0 saturated heterocycles. The molecule has 0 radical (unpaired) electrons. The molecule has 2 nitrogen and oxygen atoms in total. The van der Waals surface area contributed by atoms with Crippen molar-refractivity contribution in [1.29, 1.82) is 0 Å². The molecule has 0 atom stereocenters. The number of rotatable bonds is 3. The van der Waals surface area contributed by atoms with Gasteiger partial charge in [0.1, 0.15) is 0 Å². The van der Waals surface area contributed by atoms with Crippen molar-refractivity contribution < 1.29 is 0 Å². The summed E-state index contributed by atoms with van der Waals surface area (Å²) in [7, 11) is 0. The van der Waals surface area contributed by atoms with Crippen LogP contribution in [0.5, 0.6) is 0 Å². The van der Waals surface area contributed by atoms with Gasteiger partial charge in [0, 0.05) is 56.7 Å². The largest absolute Gasteiger partial charge is 0.341 e. The van der Waals surface area contributed by atoms with E-state index in [0.717, 1.165) is 13.1 Å². The smallest absolute Gasteiger partial charge is 0.0497 e. The highest BCUT2D eigenvalue weighted by Crippen LogP contribution is 2.35. The predicted octanol–water partition coefficient (Wildman–Crippen LogP) is 7.61. The van der Waals surface area contributed by atoms with Crippen LogP contribution < -0.4 is 0 Å². The van der Waals surface area contributed by atoms with E-state index in [0.29, 0.717) is 0 Å². The third kappa shape index (κ3) is 2.31. The maximum Gasteiger partial charge on any atom is 0.0497 e. The van der Waals surface area contributed by atoms with Crippen LogP contribution in [0.2, 0.25) is 0 Å². The van der Waals surface area contributed by atoms with Gasteiger partial charge in [0.25, 0.3) is 0 Å². The Kier molecular flexibility index (Phi) is 3.76. The van der Waals surface area contributed by atoms with Gasteiger partial charge in [-0.05, 0) is 49.2 Å². The molecule has 0 unspecified atom stereocenters. The zero-order valence-electron chi connectivity index (χ0n) is 17.4. The van der Waals surface area contributed by atoms with E-state index in [1.165, 1.54) is 54.7 Å². The topological polar surface area (TPSA) is 9.86 Å². The van der Waals surface area contributed by atoms with Gasteiger partial charge in [-0.3, -0.25) is 0 Å². The van der Waals surface area contributed by atoms with E-state index in [2.05, 4.69) is 108 Å². The fraction of sp³-hybridized carbons (Fsp3) is 0.143. The van der Waals surface area contributed by atoms with Crippen molar-refractivity contribution in [2.45, 2.75) is 26.9 Å². The van der Waals surface area contributed by atoms with E-state index >= 15 is 0 Å². The first kappa shape index (κ1) is 17.3. The first-order chi connectivity index (χ1) is 14.8. The molecule has 6 rings (SSSR count). The Bertz CT molecular complexity index is 1440. The number of benzene rings is 4. The van der Waals surface area contributed by atoms with Gasteiger partial charge < -0.3 is 9.13 Å². The van der Waals surface area contributed by atoms with Crippen molar-refractivity contribution in [2.75, 3.05) is 0 Å². The molecule has 0 bridgehead atoms. The van der Waals surface area contributed by atoms with E-state index in [-0.39, 0.29) is 0 Å². The minimum Gasteiger partial charge on any atom is -0.341 e. The SMILES string of the molecule is CCn1c2ccccc2c2ccc(-c3ccc4c5ccccc5n(CC)c4c3)cc21. The van der Waals surface area contributed by atoms with Gasteiger partial charge in [-0.25, -0.2) is 0 Å². The number of fused-ring (bicyclic) bond motifs is 6. The third-order valence-corrected chi connectivity index (χ3v) is 6.51. The van der Waals surface area contributed by atoms with E-state index in [9.17, 15) is 0 Å². The van der Waals surface area contributed by atoms with Crippen molar-refractivity contribution >= 4 is 43.6 Å². The Balaban J connectivity index is 1.61. The summed E-state index contributed by atoms with van der Waals surface area (Å²) >= 11 is 0. The maximum atomic E-state index is 2.43. The average molecular weight is 389 g/mol. The van der Waals surface area contributed by atoms with Crippen LogP contribution in [0.3, 0.4) is 0 Å². The van der Waals surface area contributed by atoms with Crippen LogP contribution in [-0.4, -0.2) is 9.13 Å². The number of hydrogen-bond acceptors (Lipinski definition) is 0. The van der Waals surface area contributed by atoms with Crippen LogP contribution in [0.4, 0.5) is 0 Å². The molecule has 0 amide bonds. The van der Waals surface area contributed by atoms with Crippen LogP contribution in [0.15, 0.2) is 84.9 Å². The van der Waals surface area contributed by atoms with Crippen LogP contribution in [-0.2, 0) is 13.1 Å². The van der Waals surface area contributed by atoms with Crippen molar-refractivity contribution in [3.8, 4) is 11.1 Å². The van der Waals surface area contributed by atoms with Gasteiger partial charge in [0.2, 0.25) is 0 Å². The van der Waals surface area contributed by atoms with Gasteiger partial charge in [-0.15, -0.1) is 0 Å². The summed E-state index contributed by atoms with van der Waals surface area (Å²) in [5, 5.41) is 5.34. The highest BCUT2D eigenvalue weighted by atomic mass is 15.0. The first-order valence-electron chi connectivity index (χ1n) is 10.8. The zero-order chi connectivity index (χ0) is 20.2. The summed E-state index contributed by atoms with van der Waals surface area (Å²) in [6, 6.07) is 31.3. The summed E-state index contributed by atoms with van der Waals surface area (Å²) < 4.78 is 4.85. The fourth-order valence-corrected chi connectivity index (χ4v) is 5.14. The monoisotopic (exact) mass is 388 g/mol. The Morgan fingerprint density at radius 2 is 0.867 bits per heavy atom. The van der Waals surface area contributed by atoms with Crippen molar-refractivity contribution in [2.24, 2.45) is 0 Å². The van der Waals surface area contributed by atoms with Gasteiger partial charge in [0.15, 0.2) is 0 Å². The Labute approximate surface area is 176 Å². The minimum absolute atomic E-state index is 0.969. The number of aromatic nitrogens is 2. The van der Waals surface area contributed by atoms with Crippen LogP contribution in [0.25, 0.3) is 54.7 Å². The van der Waals surface area contributed by atoms with Crippen molar-refractivity contribution in [3.05, 3.63) is 84.9 Å². The van der Waals surface area contributed by atoms with Gasteiger partial charge in [-0.1, -0.05) is 60.7 Å². The second kappa shape index (κ2) is 6.50. The van der Waals surface area contributed by atoms with Crippen LogP contribution in [0, 0.1) is 0 Å². The summed E-state index contributed by atoms with van der Waals surface area (Å²) in [5.74, 6) is 0. The highest BCUT2D eigenvalue weighted by molar-refractivity contribution is 6.10. The second-order valence-electron chi connectivity index (χ2n) is 7.99. The quantitative estimate of drug-likeness (QED) is 0.295. The molecule has 30 heavy (non-hydrogen) atoms.